The summed E-state index contributed by atoms with van der Waals surface area (Å²) < 4.78 is 16.0. The third-order valence-electron chi connectivity index (χ3n) is 4.11. The van der Waals surface area contributed by atoms with Crippen molar-refractivity contribution in [3.8, 4) is 5.69 Å². The van der Waals surface area contributed by atoms with Gasteiger partial charge in [-0.1, -0.05) is 6.07 Å². The number of benzene rings is 3. The normalized spacial score (nSPS) is 12.2. The molecule has 0 saturated carbocycles. The van der Waals surface area contributed by atoms with Gasteiger partial charge in [-0.2, -0.15) is 0 Å². The molecule has 0 atom stereocenters. The molecule has 1 aromatic heterocycles. The molecule has 2 N–H and O–H groups in total. The van der Waals surface area contributed by atoms with Crippen LogP contribution in [0.4, 0.5) is 0 Å². The Hall–Kier alpha value is -0.930. The van der Waals surface area contributed by atoms with Crippen molar-refractivity contribution >= 4 is 79.9 Å². The summed E-state index contributed by atoms with van der Waals surface area (Å²) in [5, 5.41) is 2.28. The zero-order valence-electron chi connectivity index (χ0n) is 12.7. The van der Waals surface area contributed by atoms with Crippen LogP contribution in [-0.4, -0.2) is 14.4 Å². The van der Waals surface area contributed by atoms with Gasteiger partial charge in [0.2, 0.25) is 0 Å². The molecule has 0 radical (unpaired) electrons. The van der Waals surface area contributed by atoms with Gasteiger partial charge in [-0.15, -0.1) is 0 Å². The van der Waals surface area contributed by atoms with E-state index in [0.29, 0.717) is 0 Å². The van der Waals surface area contributed by atoms with E-state index in [0.717, 1.165) is 34.6 Å². The predicted octanol–water partition coefficient (Wildman–Crippen LogP) is 4.80. The van der Waals surface area contributed by atoms with Gasteiger partial charge in [0.15, 0.2) is 0 Å². The molecule has 0 amide bonds. The summed E-state index contributed by atoms with van der Waals surface area (Å²) in [7, 11) is -4.30. The van der Waals surface area contributed by atoms with Crippen molar-refractivity contribution in [2.24, 2.45) is 0 Å². The largest absolute Gasteiger partial charge is 0.356 e. The first kappa shape index (κ1) is 17.5. The molecule has 4 nitrogen and oxygen atoms in total. The van der Waals surface area contributed by atoms with E-state index in [-0.39, 0.29) is 5.30 Å². The Kier molecular flexibility index (Phi) is 4.44. The van der Waals surface area contributed by atoms with Crippen LogP contribution < -0.4 is 5.30 Å². The van der Waals surface area contributed by atoms with Crippen molar-refractivity contribution in [1.29, 1.82) is 0 Å². The van der Waals surface area contributed by atoms with E-state index < -0.39 is 7.60 Å². The standard InChI is InChI=1S/C18H12I2NO3P/c19-11-4-6-17-15(8-11)16-9-12(20)5-7-18(16)21(17)13-2-1-3-14(10-13)25(22,23)24/h1-10H,(H2,22,23,24). The molecule has 25 heavy (non-hydrogen) atoms. The zero-order chi connectivity index (χ0) is 17.8. The lowest BCUT2D eigenvalue weighted by molar-refractivity contribution is 0.387. The molecule has 0 saturated heterocycles. The van der Waals surface area contributed by atoms with Gasteiger partial charge in [0.05, 0.1) is 16.3 Å². The summed E-state index contributed by atoms with van der Waals surface area (Å²) in [5.74, 6) is 0. The topological polar surface area (TPSA) is 62.5 Å². The van der Waals surface area contributed by atoms with Crippen LogP contribution >= 0.6 is 52.8 Å². The molecule has 0 unspecified atom stereocenters. The SMILES string of the molecule is O=P(O)(O)c1cccc(-n2c3ccc(I)cc3c3cc(I)ccc32)c1. The molecule has 0 aliphatic heterocycles. The average Bonchev–Trinajstić information content (AvgIpc) is 2.87. The lowest BCUT2D eigenvalue weighted by Gasteiger charge is -2.10. The van der Waals surface area contributed by atoms with Gasteiger partial charge in [-0.25, -0.2) is 0 Å². The van der Waals surface area contributed by atoms with Gasteiger partial charge in [-0.3, -0.25) is 4.57 Å². The number of rotatable bonds is 2. The van der Waals surface area contributed by atoms with Gasteiger partial charge in [-0.05, 0) is 99.8 Å². The third-order valence-corrected chi connectivity index (χ3v) is 6.41. The number of hydrogen-bond donors (Lipinski definition) is 2. The number of nitrogens with zero attached hydrogens (tertiary/aromatic N) is 1. The molecule has 0 bridgehead atoms. The molecular weight excluding hydrogens is 563 g/mol. The number of hydrogen-bond acceptors (Lipinski definition) is 1. The second-order valence-corrected chi connectivity index (χ2v) is 9.82. The molecule has 3 aromatic carbocycles. The monoisotopic (exact) mass is 575 g/mol. The summed E-state index contributed by atoms with van der Waals surface area (Å²) in [6.45, 7) is 0. The zero-order valence-corrected chi connectivity index (χ0v) is 17.9. The van der Waals surface area contributed by atoms with Crippen molar-refractivity contribution in [2.75, 3.05) is 0 Å². The maximum Gasteiger partial charge on any atom is 0.356 e. The van der Waals surface area contributed by atoms with E-state index in [9.17, 15) is 14.4 Å². The van der Waals surface area contributed by atoms with Crippen molar-refractivity contribution < 1.29 is 14.4 Å². The summed E-state index contributed by atoms with van der Waals surface area (Å²) in [6, 6.07) is 19.0. The van der Waals surface area contributed by atoms with Crippen molar-refractivity contribution in [2.45, 2.75) is 0 Å². The molecule has 4 rings (SSSR count). The molecular formula is C18H12I2NO3P. The molecule has 0 aliphatic rings. The Bertz CT molecular complexity index is 1120. The molecule has 1 heterocycles. The Balaban J connectivity index is 2.12. The first-order valence-corrected chi connectivity index (χ1v) is 11.2. The summed E-state index contributed by atoms with van der Waals surface area (Å²) in [6.07, 6.45) is 0. The highest BCUT2D eigenvalue weighted by Gasteiger charge is 2.19. The quantitative estimate of drug-likeness (QED) is 0.267. The Morgan fingerprint density at radius 1 is 0.800 bits per heavy atom. The maximum atomic E-state index is 11.7. The fourth-order valence-electron chi connectivity index (χ4n) is 3.06. The highest BCUT2D eigenvalue weighted by molar-refractivity contribution is 14.1. The molecule has 7 heteroatoms. The minimum Gasteiger partial charge on any atom is -0.321 e. The smallest absolute Gasteiger partial charge is 0.321 e. The van der Waals surface area contributed by atoms with Gasteiger partial charge in [0.1, 0.15) is 0 Å². The summed E-state index contributed by atoms with van der Waals surface area (Å²) in [5.41, 5.74) is 2.77. The van der Waals surface area contributed by atoms with Crippen LogP contribution in [0.1, 0.15) is 0 Å². The second-order valence-electron chi connectivity index (χ2n) is 5.72. The Morgan fingerprint density at radius 3 is 1.88 bits per heavy atom. The van der Waals surface area contributed by atoms with E-state index in [1.165, 1.54) is 6.07 Å². The van der Waals surface area contributed by atoms with Crippen molar-refractivity contribution in [3.05, 3.63) is 67.8 Å². The third kappa shape index (κ3) is 3.14. The van der Waals surface area contributed by atoms with Crippen LogP contribution in [0.5, 0.6) is 0 Å². The lowest BCUT2D eigenvalue weighted by atomic mass is 10.2. The van der Waals surface area contributed by atoms with Gasteiger partial charge in [0.25, 0.3) is 0 Å². The van der Waals surface area contributed by atoms with Gasteiger partial charge in [0, 0.05) is 23.6 Å². The number of fused-ring (bicyclic) bond motifs is 3. The van der Waals surface area contributed by atoms with E-state index in [1.807, 2.05) is 30.3 Å². The number of aromatic nitrogens is 1. The van der Waals surface area contributed by atoms with Crippen LogP contribution in [-0.2, 0) is 4.57 Å². The van der Waals surface area contributed by atoms with Crippen LogP contribution in [0.3, 0.4) is 0 Å². The van der Waals surface area contributed by atoms with Crippen LogP contribution in [0.25, 0.3) is 27.5 Å². The summed E-state index contributed by atoms with van der Waals surface area (Å²) in [4.78, 5) is 19.0. The second kappa shape index (κ2) is 6.35. The Morgan fingerprint density at radius 2 is 1.36 bits per heavy atom. The van der Waals surface area contributed by atoms with E-state index in [4.69, 9.17) is 0 Å². The van der Waals surface area contributed by atoms with E-state index in [2.05, 4.69) is 61.9 Å². The predicted molar refractivity (Wildman–Crippen MR) is 118 cm³/mol. The van der Waals surface area contributed by atoms with Crippen molar-refractivity contribution in [3.63, 3.8) is 0 Å². The minimum atomic E-state index is -4.30. The molecule has 0 spiro atoms. The summed E-state index contributed by atoms with van der Waals surface area (Å²) >= 11 is 4.59. The highest BCUT2D eigenvalue weighted by Crippen LogP contribution is 2.36. The fourth-order valence-corrected chi connectivity index (χ4v) is 4.62. The molecule has 0 fully saturated rings. The number of halogens is 2. The highest BCUT2D eigenvalue weighted by atomic mass is 127. The Labute approximate surface area is 171 Å². The molecule has 0 aliphatic carbocycles. The maximum absolute atomic E-state index is 11.7. The fraction of sp³-hybridized carbons (Fsp3) is 0. The van der Waals surface area contributed by atoms with E-state index >= 15 is 0 Å². The first-order valence-electron chi connectivity index (χ1n) is 7.40. The lowest BCUT2D eigenvalue weighted by Crippen LogP contribution is -2.06. The van der Waals surface area contributed by atoms with Crippen LogP contribution in [0.15, 0.2) is 60.7 Å². The van der Waals surface area contributed by atoms with E-state index in [1.54, 1.807) is 12.1 Å². The molecule has 126 valence electrons. The van der Waals surface area contributed by atoms with Gasteiger partial charge >= 0.3 is 7.60 Å². The average molecular weight is 575 g/mol. The van der Waals surface area contributed by atoms with Crippen LogP contribution in [0.2, 0.25) is 0 Å². The first-order chi connectivity index (χ1) is 11.8. The van der Waals surface area contributed by atoms with Crippen molar-refractivity contribution in [1.82, 2.24) is 4.57 Å². The minimum absolute atomic E-state index is 0.0241. The van der Waals surface area contributed by atoms with Crippen LogP contribution in [0, 0.1) is 7.14 Å². The molecule has 4 aromatic rings. The van der Waals surface area contributed by atoms with Gasteiger partial charge < -0.3 is 14.4 Å².